The van der Waals surface area contributed by atoms with Gasteiger partial charge in [-0.2, -0.15) is 11.8 Å². The number of ether oxygens (including phenoxy) is 1. The monoisotopic (exact) mass is 337 g/mol. The largest absolute Gasteiger partial charge is 0.484 e. The molecule has 0 radical (unpaired) electrons. The topological polar surface area (TPSA) is 58.6 Å². The van der Waals surface area contributed by atoms with Gasteiger partial charge in [-0.25, -0.2) is 0 Å². The number of aliphatic hydroxyl groups is 1. The van der Waals surface area contributed by atoms with E-state index < -0.39 is 0 Å². The third-order valence-corrected chi connectivity index (χ3v) is 4.09. The highest BCUT2D eigenvalue weighted by Gasteiger charge is 2.04. The maximum atomic E-state index is 11.5. The lowest BCUT2D eigenvalue weighted by atomic mass is 10.3. The number of halogens is 2. The van der Waals surface area contributed by atoms with E-state index in [0.717, 1.165) is 17.9 Å². The van der Waals surface area contributed by atoms with Crippen molar-refractivity contribution in [3.05, 3.63) is 28.2 Å². The van der Waals surface area contributed by atoms with Crippen LogP contribution in [0.3, 0.4) is 0 Å². The highest BCUT2D eigenvalue weighted by molar-refractivity contribution is 7.99. The molecule has 1 aromatic rings. The standard InChI is InChI=1S/C13H17Cl2NO3S/c14-11-3-2-10(8-12(11)15)19-9-13(18)16-4-7-20-6-1-5-17/h2-3,8,17H,1,4-7,9H2,(H,16,18). The van der Waals surface area contributed by atoms with Gasteiger partial charge in [0.15, 0.2) is 6.61 Å². The molecule has 0 saturated heterocycles. The molecular formula is C13H17Cl2NO3S. The lowest BCUT2D eigenvalue weighted by molar-refractivity contribution is -0.122. The van der Waals surface area contributed by atoms with Gasteiger partial charge in [0.1, 0.15) is 5.75 Å². The molecule has 0 atom stereocenters. The highest BCUT2D eigenvalue weighted by atomic mass is 35.5. The summed E-state index contributed by atoms with van der Waals surface area (Å²) in [7, 11) is 0. The van der Waals surface area contributed by atoms with Crippen molar-refractivity contribution in [3.63, 3.8) is 0 Å². The quantitative estimate of drug-likeness (QED) is 0.680. The molecule has 0 unspecified atom stereocenters. The van der Waals surface area contributed by atoms with Crippen molar-refractivity contribution in [3.8, 4) is 5.75 Å². The zero-order valence-electron chi connectivity index (χ0n) is 10.9. The number of rotatable bonds is 9. The van der Waals surface area contributed by atoms with Crippen molar-refractivity contribution < 1.29 is 14.6 Å². The van der Waals surface area contributed by atoms with Crippen LogP contribution >= 0.6 is 35.0 Å². The van der Waals surface area contributed by atoms with Crippen molar-refractivity contribution in [1.82, 2.24) is 5.32 Å². The van der Waals surface area contributed by atoms with Crippen molar-refractivity contribution >= 4 is 40.9 Å². The molecule has 0 aliphatic heterocycles. The number of benzene rings is 1. The molecule has 20 heavy (non-hydrogen) atoms. The number of hydrogen-bond donors (Lipinski definition) is 2. The maximum absolute atomic E-state index is 11.5. The van der Waals surface area contributed by atoms with Gasteiger partial charge in [-0.3, -0.25) is 4.79 Å². The Morgan fingerprint density at radius 2 is 2.10 bits per heavy atom. The van der Waals surface area contributed by atoms with Crippen LogP contribution in [0.15, 0.2) is 18.2 Å². The van der Waals surface area contributed by atoms with Crippen molar-refractivity contribution in [1.29, 1.82) is 0 Å². The molecule has 7 heteroatoms. The normalized spacial score (nSPS) is 10.3. The Morgan fingerprint density at radius 3 is 2.80 bits per heavy atom. The van der Waals surface area contributed by atoms with Crippen LogP contribution in [-0.4, -0.2) is 42.3 Å². The van der Waals surface area contributed by atoms with Crippen LogP contribution in [0.4, 0.5) is 0 Å². The molecule has 0 aliphatic carbocycles. The van der Waals surface area contributed by atoms with Gasteiger partial charge in [-0.05, 0) is 24.3 Å². The first kappa shape index (κ1) is 17.4. The van der Waals surface area contributed by atoms with Crippen molar-refractivity contribution in [2.24, 2.45) is 0 Å². The summed E-state index contributed by atoms with van der Waals surface area (Å²) in [5.41, 5.74) is 0. The third kappa shape index (κ3) is 7.24. The first-order valence-electron chi connectivity index (χ1n) is 6.16. The van der Waals surface area contributed by atoms with Gasteiger partial charge in [-0.1, -0.05) is 23.2 Å². The second-order valence-electron chi connectivity index (χ2n) is 3.90. The van der Waals surface area contributed by atoms with E-state index in [1.807, 2.05) is 0 Å². The van der Waals surface area contributed by atoms with Crippen LogP contribution in [0.5, 0.6) is 5.75 Å². The fourth-order valence-corrected chi connectivity index (χ4v) is 2.37. The average molecular weight is 338 g/mol. The summed E-state index contributed by atoms with van der Waals surface area (Å²) >= 11 is 13.3. The number of carbonyl (C=O) groups excluding carboxylic acids is 1. The molecule has 0 aromatic heterocycles. The Hall–Kier alpha value is -0.620. The molecule has 1 amide bonds. The third-order valence-electron chi connectivity index (χ3n) is 2.28. The van der Waals surface area contributed by atoms with Crippen LogP contribution < -0.4 is 10.1 Å². The van der Waals surface area contributed by atoms with Crippen LogP contribution in [0, 0.1) is 0 Å². The first-order chi connectivity index (χ1) is 9.63. The second kappa shape index (κ2) is 10.2. The predicted octanol–water partition coefficient (Wildman–Crippen LogP) is 2.60. The molecule has 0 fully saturated rings. The molecule has 0 bridgehead atoms. The molecule has 2 N–H and O–H groups in total. The summed E-state index contributed by atoms with van der Waals surface area (Å²) in [5.74, 6) is 2.04. The van der Waals surface area contributed by atoms with E-state index in [2.05, 4.69) is 5.32 Å². The van der Waals surface area contributed by atoms with E-state index in [-0.39, 0.29) is 19.1 Å². The number of carbonyl (C=O) groups is 1. The van der Waals surface area contributed by atoms with Crippen LogP contribution in [0.1, 0.15) is 6.42 Å². The Bertz CT molecular complexity index is 432. The van der Waals surface area contributed by atoms with E-state index in [1.54, 1.807) is 30.0 Å². The Kier molecular flexibility index (Phi) is 8.85. The van der Waals surface area contributed by atoms with E-state index in [1.165, 1.54) is 0 Å². The van der Waals surface area contributed by atoms with Crippen molar-refractivity contribution in [2.75, 3.05) is 31.3 Å². The lowest BCUT2D eigenvalue weighted by Gasteiger charge is -2.08. The summed E-state index contributed by atoms with van der Waals surface area (Å²) < 4.78 is 5.30. The predicted molar refractivity (Wildman–Crippen MR) is 84.0 cm³/mol. The van der Waals surface area contributed by atoms with E-state index >= 15 is 0 Å². The summed E-state index contributed by atoms with van der Waals surface area (Å²) in [4.78, 5) is 11.5. The number of hydrogen-bond acceptors (Lipinski definition) is 4. The smallest absolute Gasteiger partial charge is 0.257 e. The van der Waals surface area contributed by atoms with Crippen LogP contribution in [0.25, 0.3) is 0 Å². The van der Waals surface area contributed by atoms with Crippen LogP contribution in [0.2, 0.25) is 10.0 Å². The van der Waals surface area contributed by atoms with Gasteiger partial charge in [-0.15, -0.1) is 0 Å². The minimum Gasteiger partial charge on any atom is -0.484 e. The molecule has 112 valence electrons. The summed E-state index contributed by atoms with van der Waals surface area (Å²) in [5, 5.41) is 12.2. The zero-order valence-corrected chi connectivity index (χ0v) is 13.2. The summed E-state index contributed by atoms with van der Waals surface area (Å²) in [6.07, 6.45) is 0.777. The Morgan fingerprint density at radius 1 is 1.30 bits per heavy atom. The molecule has 0 heterocycles. The molecule has 0 spiro atoms. The van der Waals surface area contributed by atoms with Gasteiger partial charge in [0, 0.05) is 25.0 Å². The molecule has 4 nitrogen and oxygen atoms in total. The second-order valence-corrected chi connectivity index (χ2v) is 5.94. The number of nitrogens with one attached hydrogen (secondary N) is 1. The van der Waals surface area contributed by atoms with E-state index in [4.69, 9.17) is 33.0 Å². The van der Waals surface area contributed by atoms with E-state index in [0.29, 0.717) is 22.3 Å². The number of thioether (sulfide) groups is 1. The molecule has 1 aromatic carbocycles. The maximum Gasteiger partial charge on any atom is 0.257 e. The van der Waals surface area contributed by atoms with Crippen LogP contribution in [-0.2, 0) is 4.79 Å². The fraction of sp³-hybridized carbons (Fsp3) is 0.462. The van der Waals surface area contributed by atoms with E-state index in [9.17, 15) is 4.79 Å². The SMILES string of the molecule is O=C(COc1ccc(Cl)c(Cl)c1)NCCSCCCO. The average Bonchev–Trinajstić information content (AvgIpc) is 2.44. The van der Waals surface area contributed by atoms with Gasteiger partial charge in [0.25, 0.3) is 5.91 Å². The minimum atomic E-state index is -0.182. The Labute approximate surface area is 132 Å². The molecule has 1 rings (SSSR count). The minimum absolute atomic E-state index is 0.0563. The highest BCUT2D eigenvalue weighted by Crippen LogP contribution is 2.26. The fourth-order valence-electron chi connectivity index (χ4n) is 1.30. The number of aliphatic hydroxyl groups excluding tert-OH is 1. The number of amides is 1. The summed E-state index contributed by atoms with van der Waals surface area (Å²) in [6.45, 7) is 0.732. The molecular weight excluding hydrogens is 321 g/mol. The first-order valence-corrected chi connectivity index (χ1v) is 8.07. The van der Waals surface area contributed by atoms with Crippen molar-refractivity contribution in [2.45, 2.75) is 6.42 Å². The summed E-state index contributed by atoms with van der Waals surface area (Å²) in [6, 6.07) is 4.85. The van der Waals surface area contributed by atoms with Gasteiger partial charge < -0.3 is 15.2 Å². The van der Waals surface area contributed by atoms with Gasteiger partial charge in [0.05, 0.1) is 10.0 Å². The Balaban J connectivity index is 2.15. The molecule has 0 saturated carbocycles. The molecule has 0 aliphatic rings. The lowest BCUT2D eigenvalue weighted by Crippen LogP contribution is -2.30. The zero-order chi connectivity index (χ0) is 14.8. The van der Waals surface area contributed by atoms with Gasteiger partial charge >= 0.3 is 0 Å². The van der Waals surface area contributed by atoms with Gasteiger partial charge in [0.2, 0.25) is 0 Å².